The van der Waals surface area contributed by atoms with E-state index >= 15 is 0 Å². The molecular weight excluding hydrogens is 405 g/mol. The summed E-state index contributed by atoms with van der Waals surface area (Å²) in [4.78, 5) is 12.6. The number of carbonyl (C=O) groups excluding carboxylic acids is 1. The number of hydrogen-bond donors (Lipinski definition) is 2. The summed E-state index contributed by atoms with van der Waals surface area (Å²) in [5.74, 6) is 0.926. The molecule has 32 heavy (non-hydrogen) atoms. The van der Waals surface area contributed by atoms with Crippen molar-refractivity contribution in [2.24, 2.45) is 5.92 Å². The van der Waals surface area contributed by atoms with E-state index < -0.39 is 0 Å². The molecule has 0 spiro atoms. The van der Waals surface area contributed by atoms with E-state index in [2.05, 4.69) is 24.4 Å². The number of nitrogens with one attached hydrogen (secondary N) is 1. The van der Waals surface area contributed by atoms with Crippen molar-refractivity contribution in [1.29, 1.82) is 0 Å². The Morgan fingerprint density at radius 2 is 1.91 bits per heavy atom. The first kappa shape index (κ1) is 22.9. The van der Waals surface area contributed by atoms with E-state index in [1.807, 2.05) is 18.2 Å². The van der Waals surface area contributed by atoms with Crippen LogP contribution in [0.4, 0.5) is 4.39 Å². The zero-order chi connectivity index (χ0) is 22.7. The van der Waals surface area contributed by atoms with E-state index in [1.165, 1.54) is 18.7 Å². The molecule has 5 unspecified atom stereocenters. The quantitative estimate of drug-likeness (QED) is 0.529. The van der Waals surface area contributed by atoms with Gasteiger partial charge in [-0.05, 0) is 80.5 Å². The van der Waals surface area contributed by atoms with E-state index in [4.69, 9.17) is 4.74 Å². The highest BCUT2D eigenvalue weighted by Gasteiger charge is 2.28. The number of methoxy groups -OCH3 is 1. The molecule has 0 radical (unpaired) electrons. The molecule has 0 saturated heterocycles. The molecule has 2 N–H and O–H groups in total. The lowest BCUT2D eigenvalue weighted by molar-refractivity contribution is 0.0957. The second-order valence-electron chi connectivity index (χ2n) is 9.57. The van der Waals surface area contributed by atoms with E-state index in [1.54, 1.807) is 6.07 Å². The van der Waals surface area contributed by atoms with Gasteiger partial charge in [0.1, 0.15) is 0 Å². The summed E-state index contributed by atoms with van der Waals surface area (Å²) in [6, 6.07) is 13.7. The van der Waals surface area contributed by atoms with Crippen molar-refractivity contribution < 1.29 is 19.0 Å². The number of aliphatic hydroxyl groups excluding tert-OH is 1. The zero-order valence-corrected chi connectivity index (χ0v) is 19.0. The van der Waals surface area contributed by atoms with Crippen molar-refractivity contribution in [3.63, 3.8) is 0 Å². The van der Waals surface area contributed by atoms with Crippen molar-refractivity contribution >= 4 is 5.78 Å². The van der Waals surface area contributed by atoms with Crippen LogP contribution in [-0.4, -0.2) is 30.1 Å². The molecule has 172 valence electrons. The summed E-state index contributed by atoms with van der Waals surface area (Å²) in [5, 5.41) is 13.4. The lowest BCUT2D eigenvalue weighted by atomic mass is 9.93. The van der Waals surface area contributed by atoms with Gasteiger partial charge in [-0.15, -0.1) is 0 Å². The predicted octanol–water partition coefficient (Wildman–Crippen LogP) is 5.56. The first-order valence-corrected chi connectivity index (χ1v) is 11.8. The van der Waals surface area contributed by atoms with E-state index in [0.717, 1.165) is 49.7 Å². The minimum absolute atomic E-state index is 0.113. The molecule has 0 heterocycles. The van der Waals surface area contributed by atoms with E-state index in [0.29, 0.717) is 24.3 Å². The van der Waals surface area contributed by atoms with Crippen LogP contribution in [0.15, 0.2) is 42.5 Å². The average molecular weight is 440 g/mol. The first-order chi connectivity index (χ1) is 15.4. The molecule has 0 aromatic heterocycles. The number of hydrogen-bond acceptors (Lipinski definition) is 4. The van der Waals surface area contributed by atoms with Crippen LogP contribution in [-0.2, 0) is 0 Å². The Hall–Kier alpha value is -2.24. The maximum atomic E-state index is 13.7. The van der Waals surface area contributed by atoms with Gasteiger partial charge in [-0.3, -0.25) is 4.79 Å². The molecule has 2 aliphatic carbocycles. The fourth-order valence-corrected chi connectivity index (χ4v) is 5.39. The van der Waals surface area contributed by atoms with Crippen LogP contribution >= 0.6 is 0 Å². The van der Waals surface area contributed by atoms with Crippen molar-refractivity contribution in [3.05, 3.63) is 65.0 Å². The van der Waals surface area contributed by atoms with Gasteiger partial charge in [-0.1, -0.05) is 30.3 Å². The third-order valence-electron chi connectivity index (χ3n) is 7.29. The third kappa shape index (κ3) is 5.38. The number of halogens is 1. The van der Waals surface area contributed by atoms with Crippen molar-refractivity contribution in [1.82, 2.24) is 5.32 Å². The highest BCUT2D eigenvalue weighted by atomic mass is 19.1. The van der Waals surface area contributed by atoms with Crippen molar-refractivity contribution in [2.45, 2.75) is 76.0 Å². The number of ketones is 1. The van der Waals surface area contributed by atoms with Crippen LogP contribution < -0.4 is 10.1 Å². The highest BCUT2D eigenvalue weighted by molar-refractivity contribution is 5.96. The molecule has 0 bridgehead atoms. The Morgan fingerprint density at radius 3 is 2.59 bits per heavy atom. The Kier molecular flexibility index (Phi) is 7.27. The molecule has 2 saturated carbocycles. The molecule has 5 atom stereocenters. The van der Waals surface area contributed by atoms with Gasteiger partial charge in [0, 0.05) is 24.1 Å². The molecule has 2 aromatic carbocycles. The van der Waals surface area contributed by atoms with Gasteiger partial charge < -0.3 is 15.2 Å². The van der Waals surface area contributed by atoms with Gasteiger partial charge in [0.05, 0.1) is 13.2 Å². The fourth-order valence-electron chi connectivity index (χ4n) is 5.39. The number of aliphatic hydroxyl groups is 1. The third-order valence-corrected chi connectivity index (χ3v) is 7.29. The number of ether oxygens (including phenoxy) is 1. The summed E-state index contributed by atoms with van der Waals surface area (Å²) < 4.78 is 18.8. The number of Topliss-reactive ketones (excluding diaryl/α,β-unsaturated/α-hetero) is 1. The topological polar surface area (TPSA) is 58.6 Å². The Balaban J connectivity index is 1.30. The minimum atomic E-state index is -0.341. The largest absolute Gasteiger partial charge is 0.494 e. The van der Waals surface area contributed by atoms with Crippen molar-refractivity contribution in [2.75, 3.05) is 7.11 Å². The van der Waals surface area contributed by atoms with Crippen LogP contribution in [0.2, 0.25) is 0 Å². The van der Waals surface area contributed by atoms with Crippen LogP contribution in [0.1, 0.15) is 85.3 Å². The van der Waals surface area contributed by atoms with Gasteiger partial charge in [0.15, 0.2) is 17.3 Å². The monoisotopic (exact) mass is 439 g/mol. The van der Waals surface area contributed by atoms with Crippen LogP contribution in [0.5, 0.6) is 5.75 Å². The predicted molar refractivity (Wildman–Crippen MR) is 124 cm³/mol. The Morgan fingerprint density at radius 1 is 1.12 bits per heavy atom. The van der Waals surface area contributed by atoms with Gasteiger partial charge >= 0.3 is 0 Å². The molecule has 2 fully saturated rings. The molecule has 4 rings (SSSR count). The molecule has 2 aliphatic rings. The Labute approximate surface area is 190 Å². The summed E-state index contributed by atoms with van der Waals surface area (Å²) in [7, 11) is 1.49. The summed E-state index contributed by atoms with van der Waals surface area (Å²) in [6.07, 6.45) is 6.09. The number of carbonyl (C=O) groups is 1. The van der Waals surface area contributed by atoms with Gasteiger partial charge in [-0.2, -0.15) is 0 Å². The summed E-state index contributed by atoms with van der Waals surface area (Å²) in [5.41, 5.74) is 3.09. The Bertz CT molecular complexity index is 929. The fraction of sp³-hybridized carbons (Fsp3) is 0.519. The van der Waals surface area contributed by atoms with Gasteiger partial charge in [-0.25, -0.2) is 4.39 Å². The van der Waals surface area contributed by atoms with Crippen LogP contribution in [0.25, 0.3) is 0 Å². The molecule has 0 amide bonds. The molecule has 2 aromatic rings. The lowest BCUT2D eigenvalue weighted by Crippen LogP contribution is -2.29. The second kappa shape index (κ2) is 10.1. The summed E-state index contributed by atoms with van der Waals surface area (Å²) >= 11 is 0. The normalized spacial score (nSPS) is 26.2. The van der Waals surface area contributed by atoms with Gasteiger partial charge in [0.25, 0.3) is 0 Å². The SMILES string of the molecule is COc1cc(C(C)NC2CCC(c3ccc(C(=O)CC4CCC(O)C4)cc3)C2)ccc1F. The van der Waals surface area contributed by atoms with Crippen LogP contribution in [0.3, 0.4) is 0 Å². The zero-order valence-electron chi connectivity index (χ0n) is 19.0. The minimum Gasteiger partial charge on any atom is -0.494 e. The number of rotatable bonds is 8. The molecule has 0 aliphatic heterocycles. The highest BCUT2D eigenvalue weighted by Crippen LogP contribution is 2.36. The standard InChI is InChI=1S/C27H34FNO3/c1-17(21-9-12-25(28)27(16-21)32-2)29-23-10-8-22(15-23)19-4-6-20(7-5-19)26(31)14-18-3-11-24(30)13-18/h4-7,9,12,16-18,22-24,29-30H,3,8,10-11,13-15H2,1-2H3. The van der Waals surface area contributed by atoms with E-state index in [9.17, 15) is 14.3 Å². The maximum Gasteiger partial charge on any atom is 0.165 e. The molecule has 5 heteroatoms. The smallest absolute Gasteiger partial charge is 0.165 e. The number of benzene rings is 2. The summed E-state index contributed by atoms with van der Waals surface area (Å²) in [6.45, 7) is 2.10. The first-order valence-electron chi connectivity index (χ1n) is 11.8. The lowest BCUT2D eigenvalue weighted by Gasteiger charge is -2.21. The van der Waals surface area contributed by atoms with Crippen molar-refractivity contribution in [3.8, 4) is 5.75 Å². The van der Waals surface area contributed by atoms with E-state index in [-0.39, 0.29) is 29.5 Å². The average Bonchev–Trinajstić information content (AvgIpc) is 3.43. The maximum absolute atomic E-state index is 13.7. The second-order valence-corrected chi connectivity index (χ2v) is 9.57. The molecule has 4 nitrogen and oxygen atoms in total. The van der Waals surface area contributed by atoms with Crippen LogP contribution in [0, 0.1) is 11.7 Å². The van der Waals surface area contributed by atoms with Gasteiger partial charge in [0.2, 0.25) is 0 Å². The molecular formula is C27H34FNO3.